The lowest BCUT2D eigenvalue weighted by Crippen LogP contribution is -2.40. The zero-order chi connectivity index (χ0) is 17.7. The molecule has 4 nitrogen and oxygen atoms in total. The minimum atomic E-state index is -0.391. The first-order valence-corrected chi connectivity index (χ1v) is 9.00. The smallest absolute Gasteiger partial charge is 0.229 e. The predicted molar refractivity (Wildman–Crippen MR) is 99.4 cm³/mol. The zero-order valence-corrected chi connectivity index (χ0v) is 15.8. The quantitative estimate of drug-likeness (QED) is 0.885. The van der Waals surface area contributed by atoms with E-state index in [4.69, 9.17) is 4.74 Å². The highest BCUT2D eigenvalue weighted by atomic mass is 16.5. The summed E-state index contributed by atoms with van der Waals surface area (Å²) in [6, 6.07) is 7.62. The fourth-order valence-electron chi connectivity index (χ4n) is 3.22. The third-order valence-corrected chi connectivity index (χ3v) is 4.41. The summed E-state index contributed by atoms with van der Waals surface area (Å²) in [5.74, 6) is 2.42. The fraction of sp³-hybridized carbons (Fsp3) is 0.650. The molecule has 1 aromatic carbocycles. The van der Waals surface area contributed by atoms with Crippen LogP contribution < -0.4 is 10.1 Å². The number of hydrogen-bond acceptors (Lipinski definition) is 3. The molecule has 1 aliphatic rings. The standard InChI is InChI=1S/C20H32N2O2/c1-15-12-16(2)14-22(13-15)10-11-24-18-8-6-17(7-9-18)21-19(23)20(3,4)5/h6-9,15-16H,10-14H2,1-5H3,(H,21,23)/t15-,16-/m0/s1. The van der Waals surface area contributed by atoms with Gasteiger partial charge < -0.3 is 10.1 Å². The van der Waals surface area contributed by atoms with Crippen LogP contribution in [-0.4, -0.2) is 37.0 Å². The Kier molecular flexibility index (Phi) is 6.27. The van der Waals surface area contributed by atoms with E-state index in [1.807, 2.05) is 45.0 Å². The Labute approximate surface area is 146 Å². The number of amides is 1. The molecule has 1 aromatic rings. The van der Waals surface area contributed by atoms with Gasteiger partial charge in [-0.25, -0.2) is 0 Å². The van der Waals surface area contributed by atoms with E-state index < -0.39 is 5.41 Å². The number of benzene rings is 1. The molecule has 1 amide bonds. The molecule has 0 spiro atoms. The molecule has 134 valence electrons. The van der Waals surface area contributed by atoms with E-state index in [0.29, 0.717) is 6.61 Å². The molecule has 1 N–H and O–H groups in total. The van der Waals surface area contributed by atoms with Crippen molar-refractivity contribution in [1.82, 2.24) is 4.90 Å². The minimum Gasteiger partial charge on any atom is -0.492 e. The van der Waals surface area contributed by atoms with Gasteiger partial charge in [0.1, 0.15) is 12.4 Å². The second kappa shape index (κ2) is 8.02. The topological polar surface area (TPSA) is 41.6 Å². The van der Waals surface area contributed by atoms with Crippen molar-refractivity contribution in [3.63, 3.8) is 0 Å². The van der Waals surface area contributed by atoms with Crippen molar-refractivity contribution in [2.75, 3.05) is 31.6 Å². The lowest BCUT2D eigenvalue weighted by molar-refractivity contribution is -0.123. The Morgan fingerprint density at radius 3 is 2.29 bits per heavy atom. The van der Waals surface area contributed by atoms with Crippen molar-refractivity contribution < 1.29 is 9.53 Å². The zero-order valence-electron chi connectivity index (χ0n) is 15.8. The molecule has 1 saturated heterocycles. The normalized spacial score (nSPS) is 22.2. The summed E-state index contributed by atoms with van der Waals surface area (Å²) in [6.07, 6.45) is 1.33. The van der Waals surface area contributed by atoms with Crippen molar-refractivity contribution in [3.8, 4) is 5.75 Å². The molecule has 0 bridgehead atoms. The van der Waals surface area contributed by atoms with Crippen LogP contribution in [0.1, 0.15) is 41.0 Å². The molecular formula is C20H32N2O2. The fourth-order valence-corrected chi connectivity index (χ4v) is 3.22. The third-order valence-electron chi connectivity index (χ3n) is 4.41. The van der Waals surface area contributed by atoms with E-state index in [9.17, 15) is 4.79 Å². The van der Waals surface area contributed by atoms with Gasteiger partial charge in [-0.2, -0.15) is 0 Å². The monoisotopic (exact) mass is 332 g/mol. The van der Waals surface area contributed by atoms with Crippen molar-refractivity contribution in [1.29, 1.82) is 0 Å². The molecule has 0 saturated carbocycles. The number of carbonyl (C=O) groups excluding carboxylic acids is 1. The maximum atomic E-state index is 12.0. The molecule has 0 aliphatic carbocycles. The van der Waals surface area contributed by atoms with Gasteiger partial charge in [-0.05, 0) is 42.5 Å². The molecule has 1 heterocycles. The number of ether oxygens (including phenoxy) is 1. The number of nitrogens with one attached hydrogen (secondary N) is 1. The van der Waals surface area contributed by atoms with Gasteiger partial charge in [-0.1, -0.05) is 34.6 Å². The first-order chi connectivity index (χ1) is 11.2. The number of anilines is 1. The molecule has 1 fully saturated rings. The summed E-state index contributed by atoms with van der Waals surface area (Å²) in [4.78, 5) is 14.5. The van der Waals surface area contributed by atoms with Gasteiger partial charge in [0.2, 0.25) is 5.91 Å². The van der Waals surface area contributed by atoms with Crippen LogP contribution in [0.4, 0.5) is 5.69 Å². The molecule has 24 heavy (non-hydrogen) atoms. The summed E-state index contributed by atoms with van der Waals surface area (Å²) in [5, 5.41) is 2.92. The molecule has 1 aliphatic heterocycles. The Morgan fingerprint density at radius 1 is 1.17 bits per heavy atom. The maximum absolute atomic E-state index is 12.0. The van der Waals surface area contributed by atoms with Gasteiger partial charge >= 0.3 is 0 Å². The largest absolute Gasteiger partial charge is 0.492 e. The van der Waals surface area contributed by atoms with Crippen LogP contribution in [0.3, 0.4) is 0 Å². The number of rotatable bonds is 5. The Morgan fingerprint density at radius 2 is 1.75 bits per heavy atom. The molecule has 0 radical (unpaired) electrons. The molecule has 2 atom stereocenters. The van der Waals surface area contributed by atoms with Crippen LogP contribution in [0.15, 0.2) is 24.3 Å². The highest BCUT2D eigenvalue weighted by Gasteiger charge is 2.22. The molecule has 0 unspecified atom stereocenters. The van der Waals surface area contributed by atoms with Gasteiger partial charge in [0.05, 0.1) is 0 Å². The van der Waals surface area contributed by atoms with Crippen LogP contribution in [-0.2, 0) is 4.79 Å². The maximum Gasteiger partial charge on any atom is 0.229 e. The Balaban J connectivity index is 1.77. The van der Waals surface area contributed by atoms with E-state index in [1.165, 1.54) is 19.5 Å². The summed E-state index contributed by atoms with van der Waals surface area (Å²) < 4.78 is 5.85. The van der Waals surface area contributed by atoms with Gasteiger partial charge in [0.25, 0.3) is 0 Å². The van der Waals surface area contributed by atoms with Crippen molar-refractivity contribution >= 4 is 11.6 Å². The summed E-state index contributed by atoms with van der Waals surface area (Å²) >= 11 is 0. The molecule has 4 heteroatoms. The molecule has 2 rings (SSSR count). The third kappa shape index (κ3) is 5.82. The highest BCUT2D eigenvalue weighted by Crippen LogP contribution is 2.22. The second-order valence-corrected chi connectivity index (χ2v) is 8.28. The number of piperidine rings is 1. The summed E-state index contributed by atoms with van der Waals surface area (Å²) in [5.41, 5.74) is 0.415. The molecular weight excluding hydrogens is 300 g/mol. The summed E-state index contributed by atoms with van der Waals surface area (Å²) in [6.45, 7) is 14.4. The van der Waals surface area contributed by atoms with E-state index in [1.54, 1.807) is 0 Å². The number of likely N-dealkylation sites (tertiary alicyclic amines) is 1. The summed E-state index contributed by atoms with van der Waals surface area (Å²) in [7, 11) is 0. The van der Waals surface area contributed by atoms with Gasteiger partial charge in [0, 0.05) is 30.7 Å². The van der Waals surface area contributed by atoms with E-state index in [2.05, 4.69) is 24.1 Å². The Bertz CT molecular complexity index is 524. The number of hydrogen-bond donors (Lipinski definition) is 1. The Hall–Kier alpha value is -1.55. The lowest BCUT2D eigenvalue weighted by atomic mass is 9.92. The van der Waals surface area contributed by atoms with Crippen LogP contribution in [0.2, 0.25) is 0 Å². The predicted octanol–water partition coefficient (Wildman–Crippen LogP) is 4.03. The van der Waals surface area contributed by atoms with Crippen LogP contribution in [0, 0.1) is 17.3 Å². The average Bonchev–Trinajstić information content (AvgIpc) is 2.47. The van der Waals surface area contributed by atoms with E-state index in [-0.39, 0.29) is 5.91 Å². The van der Waals surface area contributed by atoms with Crippen LogP contribution in [0.5, 0.6) is 5.75 Å². The lowest BCUT2D eigenvalue weighted by Gasteiger charge is -2.34. The van der Waals surface area contributed by atoms with Crippen molar-refractivity contribution in [3.05, 3.63) is 24.3 Å². The van der Waals surface area contributed by atoms with Gasteiger partial charge in [-0.15, -0.1) is 0 Å². The number of nitrogens with zero attached hydrogens (tertiary/aromatic N) is 1. The second-order valence-electron chi connectivity index (χ2n) is 8.28. The number of carbonyl (C=O) groups is 1. The van der Waals surface area contributed by atoms with Crippen LogP contribution >= 0.6 is 0 Å². The van der Waals surface area contributed by atoms with Crippen LogP contribution in [0.25, 0.3) is 0 Å². The first kappa shape index (κ1) is 18.8. The van der Waals surface area contributed by atoms with Gasteiger partial charge in [-0.3, -0.25) is 9.69 Å². The highest BCUT2D eigenvalue weighted by molar-refractivity contribution is 5.94. The van der Waals surface area contributed by atoms with E-state index >= 15 is 0 Å². The molecule has 0 aromatic heterocycles. The first-order valence-electron chi connectivity index (χ1n) is 9.00. The van der Waals surface area contributed by atoms with E-state index in [0.717, 1.165) is 29.8 Å². The van der Waals surface area contributed by atoms with Crippen molar-refractivity contribution in [2.45, 2.75) is 41.0 Å². The average molecular weight is 332 g/mol. The van der Waals surface area contributed by atoms with Crippen molar-refractivity contribution in [2.24, 2.45) is 17.3 Å². The van der Waals surface area contributed by atoms with Gasteiger partial charge in [0.15, 0.2) is 0 Å². The SMILES string of the molecule is C[C@H]1C[C@H](C)CN(CCOc2ccc(NC(=O)C(C)(C)C)cc2)C1. The minimum absolute atomic E-state index is 0.0181.